The van der Waals surface area contributed by atoms with Crippen LogP contribution in [0.2, 0.25) is 0 Å². The monoisotopic (exact) mass is 455 g/mol. The van der Waals surface area contributed by atoms with Crippen molar-refractivity contribution in [1.82, 2.24) is 0 Å². The molecular weight excluding hydrogens is 440 g/mol. The molecule has 0 radical (unpaired) electrons. The fourth-order valence-electron chi connectivity index (χ4n) is 2.39. The number of benzene rings is 2. The van der Waals surface area contributed by atoms with Crippen LogP contribution in [-0.2, 0) is 39.8 Å². The van der Waals surface area contributed by atoms with Gasteiger partial charge in [0.15, 0.2) is 0 Å². The van der Waals surface area contributed by atoms with Gasteiger partial charge in [0.2, 0.25) is 0 Å². The lowest BCUT2D eigenvalue weighted by molar-refractivity contribution is -0.215. The number of rotatable bonds is 6. The maximum Gasteiger partial charge on any atom is 0.416 e. The second-order valence-electron chi connectivity index (χ2n) is 5.86. The van der Waals surface area contributed by atoms with Crippen molar-refractivity contribution in [3.63, 3.8) is 0 Å². The molecule has 31 heavy (non-hydrogen) atoms. The van der Waals surface area contributed by atoms with Crippen LogP contribution in [0.1, 0.15) is 22.3 Å². The molecule has 0 aliphatic carbocycles. The molecule has 0 saturated carbocycles. The van der Waals surface area contributed by atoms with Gasteiger partial charge in [0.25, 0.3) is 0 Å². The van der Waals surface area contributed by atoms with Crippen LogP contribution in [0.25, 0.3) is 0 Å². The summed E-state index contributed by atoms with van der Waals surface area (Å²) in [6, 6.07) is 7.45. The average Bonchev–Trinajstić information content (AvgIpc) is 2.61. The number of halogens is 6. The number of carboxylic acids is 2. The van der Waals surface area contributed by atoms with E-state index in [1.807, 2.05) is 5.48 Å². The fraction of sp³-hybridized carbons (Fsp3) is 0.222. The van der Waals surface area contributed by atoms with Crippen LogP contribution in [0, 0.1) is 0 Å². The van der Waals surface area contributed by atoms with E-state index >= 15 is 0 Å². The smallest absolute Gasteiger partial charge is 0.416 e. The van der Waals surface area contributed by atoms with Crippen molar-refractivity contribution in [2.45, 2.75) is 25.2 Å². The highest BCUT2D eigenvalue weighted by Gasteiger charge is 2.34. The third kappa shape index (κ3) is 8.52. The number of aliphatic carboxylic acids is 2. The van der Waals surface area contributed by atoms with E-state index in [4.69, 9.17) is 15.5 Å². The molecule has 13 heteroatoms. The molecule has 4 N–H and O–H groups in total. The largest absolute Gasteiger partial charge is 0.481 e. The van der Waals surface area contributed by atoms with Gasteiger partial charge < -0.3 is 10.2 Å². The van der Waals surface area contributed by atoms with Gasteiger partial charge in [-0.1, -0.05) is 24.3 Å². The highest BCUT2D eigenvalue weighted by Crippen LogP contribution is 2.34. The van der Waals surface area contributed by atoms with E-state index in [-0.39, 0.29) is 16.8 Å². The van der Waals surface area contributed by atoms with Crippen molar-refractivity contribution in [2.75, 3.05) is 5.48 Å². The Morgan fingerprint density at radius 1 is 0.806 bits per heavy atom. The lowest BCUT2D eigenvalue weighted by atomic mass is 10.0. The molecule has 0 fully saturated rings. The second-order valence-corrected chi connectivity index (χ2v) is 5.86. The second kappa shape index (κ2) is 10.6. The van der Waals surface area contributed by atoms with Gasteiger partial charge in [0.05, 0.1) is 29.7 Å². The van der Waals surface area contributed by atoms with Crippen molar-refractivity contribution in [2.24, 2.45) is 0 Å². The standard InChI is InChI=1S/C9H8F3NO4.C9H7F3O2/c10-9(11,12)7-4-6(13-17-16)2-1-5(7)3-8(14)15;10-9(11,12)7-4-2-1-3-6(7)5-8(13)14/h1-2,4,13,16H,3H2,(H,14,15);1-4H,5H2,(H,13,14). The molecule has 0 atom stereocenters. The number of hydrogen-bond acceptors (Lipinski definition) is 5. The van der Waals surface area contributed by atoms with Crippen LogP contribution in [-0.4, -0.2) is 27.4 Å². The van der Waals surface area contributed by atoms with Gasteiger partial charge in [-0.25, -0.2) is 10.7 Å². The van der Waals surface area contributed by atoms with E-state index in [1.165, 1.54) is 12.1 Å². The maximum absolute atomic E-state index is 12.6. The van der Waals surface area contributed by atoms with Crippen molar-refractivity contribution in [3.05, 3.63) is 64.7 Å². The number of carbonyl (C=O) groups is 2. The number of hydrogen-bond donors (Lipinski definition) is 4. The zero-order chi connectivity index (χ0) is 23.8. The van der Waals surface area contributed by atoms with Crippen LogP contribution < -0.4 is 5.48 Å². The summed E-state index contributed by atoms with van der Waals surface area (Å²) in [6.07, 6.45) is -10.5. The predicted octanol–water partition coefficient (Wildman–Crippen LogP) is 4.48. The molecule has 2 rings (SSSR count). The highest BCUT2D eigenvalue weighted by atomic mass is 19.4. The number of alkyl halides is 6. The Hall–Kier alpha value is -3.32. The topological polar surface area (TPSA) is 116 Å². The van der Waals surface area contributed by atoms with Gasteiger partial charge in [-0.15, -0.1) is 4.99 Å². The molecule has 0 unspecified atom stereocenters. The first-order chi connectivity index (χ1) is 14.3. The minimum Gasteiger partial charge on any atom is -0.481 e. The lowest BCUT2D eigenvalue weighted by Crippen LogP contribution is -2.13. The Bertz CT molecular complexity index is 913. The number of carboxylic acid groups (broad SMARTS) is 2. The van der Waals surface area contributed by atoms with Crippen LogP contribution in [0.3, 0.4) is 0 Å². The Labute approximate surface area is 170 Å². The first kappa shape index (κ1) is 25.7. The minimum absolute atomic E-state index is 0.144. The van der Waals surface area contributed by atoms with E-state index in [2.05, 4.69) is 4.99 Å². The quantitative estimate of drug-likeness (QED) is 0.288. The minimum atomic E-state index is -4.68. The predicted molar refractivity (Wildman–Crippen MR) is 92.9 cm³/mol. The fourth-order valence-corrected chi connectivity index (χ4v) is 2.39. The summed E-state index contributed by atoms with van der Waals surface area (Å²) in [7, 11) is 0. The summed E-state index contributed by atoms with van der Waals surface area (Å²) in [6.45, 7) is 0. The van der Waals surface area contributed by atoms with E-state index in [0.29, 0.717) is 6.07 Å². The van der Waals surface area contributed by atoms with Crippen LogP contribution >= 0.6 is 0 Å². The Balaban J connectivity index is 0.000000316. The van der Waals surface area contributed by atoms with E-state index in [9.17, 15) is 35.9 Å². The van der Waals surface area contributed by atoms with Gasteiger partial charge in [0.1, 0.15) is 0 Å². The molecule has 0 aromatic heterocycles. The molecule has 0 heterocycles. The maximum atomic E-state index is 12.6. The third-order valence-electron chi connectivity index (χ3n) is 3.58. The number of nitrogens with one attached hydrogen (secondary N) is 1. The summed E-state index contributed by atoms with van der Waals surface area (Å²) in [4.78, 5) is 24.2. The Morgan fingerprint density at radius 2 is 1.29 bits per heavy atom. The van der Waals surface area contributed by atoms with Crippen molar-refractivity contribution in [1.29, 1.82) is 0 Å². The van der Waals surface area contributed by atoms with Gasteiger partial charge in [-0.2, -0.15) is 26.3 Å². The lowest BCUT2D eigenvalue weighted by Gasteiger charge is -2.13. The molecule has 0 amide bonds. The summed E-state index contributed by atoms with van der Waals surface area (Å²) >= 11 is 0. The molecule has 2 aromatic carbocycles. The van der Waals surface area contributed by atoms with Crippen LogP contribution in [0.4, 0.5) is 32.0 Å². The van der Waals surface area contributed by atoms with E-state index in [1.54, 1.807) is 0 Å². The average molecular weight is 455 g/mol. The molecule has 0 aliphatic rings. The molecule has 170 valence electrons. The van der Waals surface area contributed by atoms with Gasteiger partial charge in [-0.05, 0) is 29.3 Å². The summed E-state index contributed by atoms with van der Waals surface area (Å²) < 4.78 is 74.7. The van der Waals surface area contributed by atoms with Gasteiger partial charge in [0, 0.05) is 0 Å². The summed E-state index contributed by atoms with van der Waals surface area (Å²) in [5, 5.41) is 24.9. The van der Waals surface area contributed by atoms with Crippen molar-refractivity contribution < 1.29 is 56.4 Å². The van der Waals surface area contributed by atoms with Crippen LogP contribution in [0.15, 0.2) is 42.5 Å². The van der Waals surface area contributed by atoms with Gasteiger partial charge in [-0.3, -0.25) is 9.59 Å². The first-order valence-corrected chi connectivity index (χ1v) is 8.11. The normalized spacial score (nSPS) is 11.3. The molecule has 0 bridgehead atoms. The molecule has 7 nitrogen and oxygen atoms in total. The zero-order valence-electron chi connectivity index (χ0n) is 15.3. The molecule has 0 spiro atoms. The summed E-state index contributed by atoms with van der Waals surface area (Å²) in [5.74, 6) is -2.64. The van der Waals surface area contributed by atoms with E-state index in [0.717, 1.165) is 24.3 Å². The highest BCUT2D eigenvalue weighted by molar-refractivity contribution is 5.71. The van der Waals surface area contributed by atoms with Crippen molar-refractivity contribution in [3.8, 4) is 0 Å². The number of anilines is 1. The SMILES string of the molecule is O=C(O)Cc1ccc(NOO)cc1C(F)(F)F.O=C(O)Cc1ccccc1C(F)(F)F. The molecule has 0 aliphatic heterocycles. The molecule has 2 aromatic rings. The molecule has 0 saturated heterocycles. The van der Waals surface area contributed by atoms with Gasteiger partial charge >= 0.3 is 24.3 Å². The first-order valence-electron chi connectivity index (χ1n) is 8.11. The zero-order valence-corrected chi connectivity index (χ0v) is 15.3. The molecular formula is C18H15F6NO6. The Morgan fingerprint density at radius 3 is 1.74 bits per heavy atom. The Kier molecular flexibility index (Phi) is 8.82. The third-order valence-corrected chi connectivity index (χ3v) is 3.58. The summed E-state index contributed by atoms with van der Waals surface area (Å²) in [5.41, 5.74) is -0.900. The van der Waals surface area contributed by atoms with Crippen molar-refractivity contribution >= 4 is 17.6 Å². The van der Waals surface area contributed by atoms with Crippen LogP contribution in [0.5, 0.6) is 0 Å². The van der Waals surface area contributed by atoms with E-state index < -0.39 is 48.3 Å².